The number of carbonyl (C=O) groups excluding carboxylic acids is 1. The average molecular weight is 523 g/mol. The molecule has 0 aliphatic heterocycles. The maximum absolute atomic E-state index is 12.9. The number of amides is 1. The second kappa shape index (κ2) is 11.1. The van der Waals surface area contributed by atoms with Crippen LogP contribution < -0.4 is 14.8 Å². The lowest BCUT2D eigenvalue weighted by Gasteiger charge is -2.18. The normalized spacial score (nSPS) is 12.4. The van der Waals surface area contributed by atoms with Crippen molar-refractivity contribution in [2.24, 2.45) is 7.05 Å². The molecule has 1 aromatic heterocycles. The van der Waals surface area contributed by atoms with Crippen LogP contribution in [0, 0.1) is 0 Å². The highest BCUT2D eigenvalue weighted by molar-refractivity contribution is 7.89. The molecule has 10 nitrogen and oxygen atoms in total. The fourth-order valence-corrected chi connectivity index (χ4v) is 4.22. The van der Waals surface area contributed by atoms with Crippen molar-refractivity contribution in [3.05, 3.63) is 59.2 Å². The predicted octanol–water partition coefficient (Wildman–Crippen LogP) is 4.13. The molecular formula is C23H27ClN4O6S. The van der Waals surface area contributed by atoms with E-state index < -0.39 is 22.2 Å². The average Bonchev–Trinajstić information content (AvgIpc) is 3.22. The maximum atomic E-state index is 12.9. The lowest BCUT2D eigenvalue weighted by atomic mass is 10.2. The van der Waals surface area contributed by atoms with Crippen LogP contribution in [0.4, 0.5) is 5.82 Å². The van der Waals surface area contributed by atoms with Crippen molar-refractivity contribution >= 4 is 33.3 Å². The Labute approximate surface area is 209 Å². The quantitative estimate of drug-likeness (QED) is 0.398. The number of methoxy groups -OCH3 is 1. The van der Waals surface area contributed by atoms with Gasteiger partial charge in [-0.25, -0.2) is 12.7 Å². The van der Waals surface area contributed by atoms with Gasteiger partial charge in [0.15, 0.2) is 12.1 Å². The lowest BCUT2D eigenvalue weighted by Crippen LogP contribution is -2.22. The summed E-state index contributed by atoms with van der Waals surface area (Å²) in [5.41, 5.74) is 0.247. The summed E-state index contributed by atoms with van der Waals surface area (Å²) in [6.45, 7) is 1.90. The fourth-order valence-electron chi connectivity index (χ4n) is 3.01. The number of nitrogens with one attached hydrogen (secondary N) is 1. The Balaban J connectivity index is 1.94. The number of carbonyl (C=O) groups is 1. The molecule has 0 saturated carbocycles. The molecule has 0 saturated heterocycles. The number of ether oxygens (including phenoxy) is 3. The van der Waals surface area contributed by atoms with E-state index in [1.165, 1.54) is 45.5 Å². The van der Waals surface area contributed by atoms with Crippen molar-refractivity contribution in [2.45, 2.75) is 24.5 Å². The van der Waals surface area contributed by atoms with Crippen LogP contribution >= 0.6 is 11.6 Å². The molecule has 0 spiro atoms. The van der Waals surface area contributed by atoms with E-state index in [9.17, 15) is 13.2 Å². The standard InChI is InChI=1S/C23H27ClN4O6S/c1-6-22(32-5)34-17-12-15(23(29)25-21-9-10-28(4)26-21)11-16(13-17)33-20-8-7-18(14-19(20)24)35(30,31)27(2)3/h7-14,22H,6H2,1-5H3,(H,25,26,29). The SMILES string of the molecule is CCC(OC)Oc1cc(Oc2ccc(S(=O)(=O)N(C)C)cc2Cl)cc(C(=O)Nc2ccn(C)n2)c1. The number of nitrogens with zero attached hydrogens (tertiary/aromatic N) is 3. The Bertz CT molecular complexity index is 1310. The van der Waals surface area contributed by atoms with Crippen molar-refractivity contribution in [1.82, 2.24) is 14.1 Å². The number of anilines is 1. The number of aromatic nitrogens is 2. The summed E-state index contributed by atoms with van der Waals surface area (Å²) in [6, 6.07) is 10.5. The molecule has 1 amide bonds. The second-order valence-corrected chi connectivity index (χ2v) is 10.3. The molecule has 0 aliphatic carbocycles. The zero-order chi connectivity index (χ0) is 25.8. The number of hydrogen-bond acceptors (Lipinski definition) is 7. The third kappa shape index (κ3) is 6.51. The van der Waals surface area contributed by atoms with Crippen molar-refractivity contribution in [2.75, 3.05) is 26.5 Å². The Kier molecular flexibility index (Phi) is 8.39. The van der Waals surface area contributed by atoms with Crippen LogP contribution in [0.5, 0.6) is 17.2 Å². The largest absolute Gasteiger partial charge is 0.465 e. The lowest BCUT2D eigenvalue weighted by molar-refractivity contribution is -0.0549. The molecule has 35 heavy (non-hydrogen) atoms. The Morgan fingerprint density at radius 3 is 2.46 bits per heavy atom. The van der Waals surface area contributed by atoms with E-state index in [0.717, 1.165) is 4.31 Å². The maximum Gasteiger partial charge on any atom is 0.257 e. The van der Waals surface area contributed by atoms with Crippen LogP contribution in [0.2, 0.25) is 5.02 Å². The highest BCUT2D eigenvalue weighted by Crippen LogP contribution is 2.34. The smallest absolute Gasteiger partial charge is 0.257 e. The first-order chi connectivity index (χ1) is 16.5. The molecule has 3 aromatic rings. The molecular weight excluding hydrogens is 496 g/mol. The summed E-state index contributed by atoms with van der Waals surface area (Å²) >= 11 is 6.32. The van der Waals surface area contributed by atoms with Crippen molar-refractivity contribution in [3.63, 3.8) is 0 Å². The van der Waals surface area contributed by atoms with E-state index in [1.807, 2.05) is 6.92 Å². The topological polar surface area (TPSA) is 112 Å². The van der Waals surface area contributed by atoms with Crippen LogP contribution in [0.25, 0.3) is 0 Å². The van der Waals surface area contributed by atoms with Gasteiger partial charge in [-0.1, -0.05) is 18.5 Å². The fraction of sp³-hybridized carbons (Fsp3) is 0.304. The second-order valence-electron chi connectivity index (χ2n) is 7.69. The number of hydrogen-bond donors (Lipinski definition) is 1. The van der Waals surface area contributed by atoms with Gasteiger partial charge in [-0.05, 0) is 30.3 Å². The number of benzene rings is 2. The molecule has 2 aromatic carbocycles. The molecule has 12 heteroatoms. The van der Waals surface area contributed by atoms with Crippen LogP contribution in [0.15, 0.2) is 53.6 Å². The third-order valence-electron chi connectivity index (χ3n) is 4.87. The molecule has 1 heterocycles. The van der Waals surface area contributed by atoms with E-state index in [2.05, 4.69) is 10.4 Å². The summed E-state index contributed by atoms with van der Waals surface area (Å²) in [5.74, 6) is 0.754. The molecule has 1 atom stereocenters. The van der Waals surface area contributed by atoms with Crippen molar-refractivity contribution in [1.29, 1.82) is 0 Å². The molecule has 3 rings (SSSR count). The van der Waals surface area contributed by atoms with E-state index in [0.29, 0.717) is 18.0 Å². The van der Waals surface area contributed by atoms with Crippen molar-refractivity contribution < 1.29 is 27.4 Å². The molecule has 1 unspecified atom stereocenters. The van der Waals surface area contributed by atoms with Gasteiger partial charge in [0.1, 0.15) is 17.2 Å². The van der Waals surface area contributed by atoms with E-state index in [-0.39, 0.29) is 27.0 Å². The minimum absolute atomic E-state index is 0.0262. The van der Waals surface area contributed by atoms with Crippen LogP contribution in [0.1, 0.15) is 23.7 Å². The molecule has 1 N–H and O–H groups in total. The predicted molar refractivity (Wildman–Crippen MR) is 132 cm³/mol. The summed E-state index contributed by atoms with van der Waals surface area (Å²) in [7, 11) is 2.46. The monoisotopic (exact) mass is 522 g/mol. The minimum Gasteiger partial charge on any atom is -0.465 e. The summed E-state index contributed by atoms with van der Waals surface area (Å²) in [4.78, 5) is 12.9. The molecule has 0 aliphatic rings. The number of halogens is 1. The highest BCUT2D eigenvalue weighted by atomic mass is 35.5. The molecule has 0 fully saturated rings. The van der Waals surface area contributed by atoms with Gasteiger partial charge in [0.25, 0.3) is 5.91 Å². The third-order valence-corrected chi connectivity index (χ3v) is 6.98. The van der Waals surface area contributed by atoms with Gasteiger partial charge in [-0.3, -0.25) is 9.48 Å². The van der Waals surface area contributed by atoms with Gasteiger partial charge in [-0.2, -0.15) is 5.10 Å². The van der Waals surface area contributed by atoms with Gasteiger partial charge >= 0.3 is 0 Å². The van der Waals surface area contributed by atoms with Crippen LogP contribution in [0.3, 0.4) is 0 Å². The van der Waals surface area contributed by atoms with Crippen LogP contribution in [-0.4, -0.2) is 55.9 Å². The summed E-state index contributed by atoms with van der Waals surface area (Å²) in [5, 5.41) is 6.95. The molecule has 0 radical (unpaired) electrons. The zero-order valence-corrected chi connectivity index (χ0v) is 21.6. The minimum atomic E-state index is -3.66. The van der Waals surface area contributed by atoms with Gasteiger partial charge in [-0.15, -0.1) is 0 Å². The van der Waals surface area contributed by atoms with Gasteiger partial charge < -0.3 is 19.5 Å². The first kappa shape index (κ1) is 26.5. The zero-order valence-electron chi connectivity index (χ0n) is 20.0. The van der Waals surface area contributed by atoms with Gasteiger partial charge in [0, 0.05) is 58.6 Å². The van der Waals surface area contributed by atoms with E-state index in [1.54, 1.807) is 36.1 Å². The summed E-state index contributed by atoms with van der Waals surface area (Å²) < 4.78 is 44.4. The number of sulfonamides is 1. The highest BCUT2D eigenvalue weighted by Gasteiger charge is 2.20. The molecule has 188 valence electrons. The van der Waals surface area contributed by atoms with E-state index in [4.69, 9.17) is 25.8 Å². The van der Waals surface area contributed by atoms with E-state index >= 15 is 0 Å². The summed E-state index contributed by atoms with van der Waals surface area (Å²) in [6.07, 6.45) is 1.75. The van der Waals surface area contributed by atoms with Gasteiger partial charge in [0.2, 0.25) is 10.0 Å². The van der Waals surface area contributed by atoms with Crippen LogP contribution in [-0.2, 0) is 21.8 Å². The number of aryl methyl sites for hydroxylation is 1. The Morgan fingerprint density at radius 1 is 1.17 bits per heavy atom. The first-order valence-corrected chi connectivity index (χ1v) is 12.4. The number of rotatable bonds is 10. The Morgan fingerprint density at radius 2 is 1.89 bits per heavy atom. The first-order valence-electron chi connectivity index (χ1n) is 10.6. The Hall–Kier alpha value is -3.12. The van der Waals surface area contributed by atoms with Gasteiger partial charge in [0.05, 0.1) is 9.92 Å². The van der Waals surface area contributed by atoms with Crippen molar-refractivity contribution in [3.8, 4) is 17.2 Å². The molecule has 0 bridgehead atoms.